The first-order valence-electron chi connectivity index (χ1n) is 1.37. The van der Waals surface area contributed by atoms with Crippen molar-refractivity contribution in [1.29, 1.82) is 0 Å². The van der Waals surface area contributed by atoms with Gasteiger partial charge in [0.2, 0.25) is 0 Å². The third-order valence-electron chi connectivity index (χ3n) is 0. The van der Waals surface area contributed by atoms with Gasteiger partial charge in [0, 0.05) is 4.83 Å². The number of alkyl halides is 1. The van der Waals surface area contributed by atoms with E-state index in [-0.39, 0.29) is 17.0 Å². The fraction of sp³-hybridized carbons (Fsp3) is 1.00. The van der Waals surface area contributed by atoms with Crippen LogP contribution in [0.4, 0.5) is 0 Å². The molecule has 0 N–H and O–H groups in total. The zero-order chi connectivity index (χ0) is 3.58. The molecule has 0 aromatic carbocycles. The lowest BCUT2D eigenvalue weighted by Crippen LogP contribution is -1.69. The van der Waals surface area contributed by atoms with Crippen LogP contribution in [-0.4, -0.2) is 4.83 Å². The van der Waals surface area contributed by atoms with E-state index in [1.165, 1.54) is 0 Å². The average molecular weight is 204 g/mol. The van der Waals surface area contributed by atoms with Crippen molar-refractivity contribution in [3.05, 3.63) is 0 Å². The van der Waals surface area contributed by atoms with E-state index in [9.17, 15) is 0 Å². The molecule has 0 bridgehead atoms. The van der Waals surface area contributed by atoms with Gasteiger partial charge in [0.25, 0.3) is 0 Å². The third-order valence-corrected chi connectivity index (χ3v) is 0. The smallest absolute Gasteiger partial charge is 0.00888 e. The number of hydrogen-bond acceptors (Lipinski definition) is 0. The Bertz CT molecular complexity index is 9.61. The first-order valence-corrected chi connectivity index (χ1v) is 2.29. The Morgan fingerprint density at radius 2 is 1.40 bits per heavy atom. The molecule has 0 saturated carbocycles. The maximum atomic E-state index is 3.27. The van der Waals surface area contributed by atoms with E-state index in [1.54, 1.807) is 0 Å². The highest BCUT2D eigenvalue weighted by molar-refractivity contribution is 9.09. The zero-order valence-corrected chi connectivity index (χ0v) is 6.66. The molecule has 0 aromatic rings. The number of halogens is 2. The molecule has 34 valence electrons. The summed E-state index contributed by atoms with van der Waals surface area (Å²) in [5.74, 6) is 0. The molecule has 0 spiro atoms. The van der Waals surface area contributed by atoms with Crippen molar-refractivity contribution in [2.24, 2.45) is 0 Å². The van der Waals surface area contributed by atoms with E-state index >= 15 is 0 Å². The van der Waals surface area contributed by atoms with Gasteiger partial charge in [0.15, 0.2) is 0 Å². The molecular formula is C3H8Br2. The van der Waals surface area contributed by atoms with E-state index in [1.807, 2.05) is 0 Å². The van der Waals surface area contributed by atoms with Crippen LogP contribution < -0.4 is 0 Å². The molecule has 2 heteroatoms. The van der Waals surface area contributed by atoms with Crippen molar-refractivity contribution in [1.82, 2.24) is 0 Å². The fourth-order valence-electron chi connectivity index (χ4n) is 0. The van der Waals surface area contributed by atoms with Gasteiger partial charge >= 0.3 is 0 Å². The van der Waals surface area contributed by atoms with Crippen molar-refractivity contribution >= 4 is 32.9 Å². The Hall–Kier alpha value is 0.960. The Morgan fingerprint density at radius 1 is 1.40 bits per heavy atom. The molecule has 0 nitrogen and oxygen atoms in total. The maximum absolute atomic E-state index is 3.27. The molecule has 0 aliphatic heterocycles. The summed E-state index contributed by atoms with van der Waals surface area (Å²) >= 11 is 3.27. The summed E-state index contributed by atoms with van der Waals surface area (Å²) in [7, 11) is 0. The van der Waals surface area contributed by atoms with Gasteiger partial charge in [-0.2, -0.15) is 0 Å². The predicted molar refractivity (Wildman–Crippen MR) is 34.4 cm³/mol. The highest BCUT2D eigenvalue weighted by Crippen LogP contribution is 1.89. The predicted octanol–water partition coefficient (Wildman–Crippen LogP) is 2.37. The molecular weight excluding hydrogens is 196 g/mol. The molecule has 0 fully saturated rings. The van der Waals surface area contributed by atoms with Crippen molar-refractivity contribution in [2.45, 2.75) is 18.7 Å². The Balaban J connectivity index is 0. The SMILES string of the molecule is Br.CC(C)Br. The van der Waals surface area contributed by atoms with Gasteiger partial charge in [-0.25, -0.2) is 0 Å². The minimum Gasteiger partial charge on any atom is -0.114 e. The van der Waals surface area contributed by atoms with E-state index in [0.29, 0.717) is 4.83 Å². The van der Waals surface area contributed by atoms with Crippen molar-refractivity contribution in [3.63, 3.8) is 0 Å². The van der Waals surface area contributed by atoms with Gasteiger partial charge in [0.1, 0.15) is 0 Å². The average Bonchev–Trinajstić information content (AvgIpc) is 0.811. The summed E-state index contributed by atoms with van der Waals surface area (Å²) in [5, 5.41) is 0. The van der Waals surface area contributed by atoms with E-state index < -0.39 is 0 Å². The highest BCUT2D eigenvalue weighted by atomic mass is 79.9. The first kappa shape index (κ1) is 9.35. The lowest BCUT2D eigenvalue weighted by atomic mass is 10.6. The largest absolute Gasteiger partial charge is 0.114 e. The van der Waals surface area contributed by atoms with Gasteiger partial charge < -0.3 is 0 Å². The molecule has 0 amide bonds. The first-order chi connectivity index (χ1) is 1.73. The molecule has 0 unspecified atom stereocenters. The summed E-state index contributed by atoms with van der Waals surface area (Å²) in [6, 6.07) is 0. The summed E-state index contributed by atoms with van der Waals surface area (Å²) in [6.45, 7) is 4.17. The maximum Gasteiger partial charge on any atom is 0.00888 e. The molecule has 0 radical (unpaired) electrons. The van der Waals surface area contributed by atoms with Gasteiger partial charge in [-0.15, -0.1) is 17.0 Å². The van der Waals surface area contributed by atoms with Crippen LogP contribution in [0.15, 0.2) is 0 Å². The van der Waals surface area contributed by atoms with E-state index in [4.69, 9.17) is 0 Å². The summed E-state index contributed by atoms with van der Waals surface area (Å²) in [5.41, 5.74) is 0. The lowest BCUT2D eigenvalue weighted by Gasteiger charge is -1.76. The molecule has 5 heavy (non-hydrogen) atoms. The van der Waals surface area contributed by atoms with Crippen LogP contribution in [0.2, 0.25) is 0 Å². The fourth-order valence-corrected chi connectivity index (χ4v) is 0. The Morgan fingerprint density at radius 3 is 1.40 bits per heavy atom. The monoisotopic (exact) mass is 202 g/mol. The number of rotatable bonds is 0. The van der Waals surface area contributed by atoms with Crippen LogP contribution in [0.1, 0.15) is 13.8 Å². The quantitative estimate of drug-likeness (QED) is 0.531. The van der Waals surface area contributed by atoms with E-state index in [2.05, 4.69) is 29.8 Å². The van der Waals surface area contributed by atoms with Crippen LogP contribution in [0.5, 0.6) is 0 Å². The topological polar surface area (TPSA) is 0 Å². The normalized spacial score (nSPS) is 7.20. The van der Waals surface area contributed by atoms with Crippen molar-refractivity contribution in [3.8, 4) is 0 Å². The van der Waals surface area contributed by atoms with Gasteiger partial charge in [-0.3, -0.25) is 0 Å². The lowest BCUT2D eigenvalue weighted by molar-refractivity contribution is 1.14. The molecule has 0 rings (SSSR count). The summed E-state index contributed by atoms with van der Waals surface area (Å²) < 4.78 is 0. The van der Waals surface area contributed by atoms with Gasteiger partial charge in [-0.05, 0) is 0 Å². The molecule has 0 aromatic heterocycles. The second kappa shape index (κ2) is 4.96. The second-order valence-corrected chi connectivity index (χ2v) is 2.85. The minimum absolute atomic E-state index is 0. The van der Waals surface area contributed by atoms with Crippen molar-refractivity contribution < 1.29 is 0 Å². The van der Waals surface area contributed by atoms with Crippen LogP contribution in [0.3, 0.4) is 0 Å². The molecule has 0 aliphatic rings. The van der Waals surface area contributed by atoms with Gasteiger partial charge in [0.05, 0.1) is 0 Å². The summed E-state index contributed by atoms with van der Waals surface area (Å²) in [6.07, 6.45) is 0. The van der Waals surface area contributed by atoms with Crippen molar-refractivity contribution in [2.75, 3.05) is 0 Å². The molecule has 0 heterocycles. The summed E-state index contributed by atoms with van der Waals surface area (Å²) in [4.78, 5) is 0.646. The van der Waals surface area contributed by atoms with Crippen LogP contribution in [-0.2, 0) is 0 Å². The number of hydrogen-bond donors (Lipinski definition) is 0. The molecule has 0 saturated heterocycles. The van der Waals surface area contributed by atoms with Crippen LogP contribution >= 0.6 is 32.9 Å². The Kier molecular flexibility index (Phi) is 9.28. The van der Waals surface area contributed by atoms with E-state index in [0.717, 1.165) is 0 Å². The third kappa shape index (κ3) is 47.2. The van der Waals surface area contributed by atoms with Crippen LogP contribution in [0, 0.1) is 0 Å². The highest BCUT2D eigenvalue weighted by Gasteiger charge is 1.71. The Labute approximate surface area is 51.8 Å². The van der Waals surface area contributed by atoms with Gasteiger partial charge in [-0.1, -0.05) is 29.8 Å². The molecule has 0 aliphatic carbocycles. The zero-order valence-electron chi connectivity index (χ0n) is 3.36. The second-order valence-electron chi connectivity index (χ2n) is 1.01. The van der Waals surface area contributed by atoms with Crippen LogP contribution in [0.25, 0.3) is 0 Å². The molecule has 0 atom stereocenters. The minimum atomic E-state index is 0. The standard InChI is InChI=1S/C3H7Br.BrH/c1-3(2)4;/h3H,1-2H3;1H.